The minimum Gasteiger partial charge on any atom is -0.497 e. The first-order chi connectivity index (χ1) is 14.5. The highest BCUT2D eigenvalue weighted by atomic mass is 32.1. The molecule has 1 aromatic carbocycles. The first kappa shape index (κ1) is 20.7. The van der Waals surface area contributed by atoms with Crippen LogP contribution in [0.15, 0.2) is 24.3 Å². The molecule has 1 aliphatic heterocycles. The van der Waals surface area contributed by atoms with E-state index in [1.54, 1.807) is 18.4 Å². The molecule has 1 aliphatic rings. The van der Waals surface area contributed by atoms with Gasteiger partial charge >= 0.3 is 0 Å². The highest BCUT2D eigenvalue weighted by molar-refractivity contribution is 7.22. The predicted octanol–water partition coefficient (Wildman–Crippen LogP) is 3.88. The van der Waals surface area contributed by atoms with Gasteiger partial charge in [-0.2, -0.15) is 10.1 Å². The summed E-state index contributed by atoms with van der Waals surface area (Å²) in [5.74, 6) is 1.27. The Balaban J connectivity index is 1.53. The number of hydrogen-bond donors (Lipinski definition) is 0. The number of hydrogen-bond acceptors (Lipinski definition) is 6. The SMILES string of the molecule is CCC(CC)C(=O)N1CCN(c2nc3c(s2)c(C)nn3-c2ccc(OC)cc2)CC1. The van der Waals surface area contributed by atoms with Crippen molar-refractivity contribution in [2.75, 3.05) is 38.2 Å². The van der Waals surface area contributed by atoms with Gasteiger partial charge in [-0.25, -0.2) is 4.68 Å². The van der Waals surface area contributed by atoms with E-state index >= 15 is 0 Å². The van der Waals surface area contributed by atoms with E-state index in [2.05, 4.69) is 23.8 Å². The maximum atomic E-state index is 12.7. The Labute approximate surface area is 181 Å². The molecule has 0 spiro atoms. The number of carbonyl (C=O) groups is 1. The van der Waals surface area contributed by atoms with Crippen LogP contribution in [0.3, 0.4) is 0 Å². The molecule has 0 N–H and O–H groups in total. The number of benzene rings is 1. The van der Waals surface area contributed by atoms with Crippen LogP contribution in [0.2, 0.25) is 0 Å². The fourth-order valence-electron chi connectivity index (χ4n) is 3.98. The third kappa shape index (κ3) is 3.76. The van der Waals surface area contributed by atoms with Gasteiger partial charge in [0.15, 0.2) is 10.8 Å². The van der Waals surface area contributed by atoms with E-state index in [0.29, 0.717) is 5.91 Å². The smallest absolute Gasteiger partial charge is 0.225 e. The van der Waals surface area contributed by atoms with E-state index in [4.69, 9.17) is 9.72 Å². The quantitative estimate of drug-likeness (QED) is 0.597. The van der Waals surface area contributed by atoms with E-state index in [1.807, 2.05) is 40.8 Å². The van der Waals surface area contributed by atoms with Crippen molar-refractivity contribution in [1.82, 2.24) is 19.7 Å². The first-order valence-corrected chi connectivity index (χ1v) is 11.4. The Morgan fingerprint density at radius 3 is 2.40 bits per heavy atom. The lowest BCUT2D eigenvalue weighted by Crippen LogP contribution is -2.50. The molecule has 1 fully saturated rings. The Morgan fingerprint density at radius 1 is 1.13 bits per heavy atom. The van der Waals surface area contributed by atoms with Gasteiger partial charge in [-0.15, -0.1) is 0 Å². The molecule has 0 saturated carbocycles. The molecule has 3 aromatic rings. The number of aryl methyl sites for hydroxylation is 1. The lowest BCUT2D eigenvalue weighted by atomic mass is 10.0. The molecule has 3 heterocycles. The minimum atomic E-state index is 0.150. The van der Waals surface area contributed by atoms with E-state index in [9.17, 15) is 4.79 Å². The van der Waals surface area contributed by atoms with Crippen LogP contribution in [0, 0.1) is 12.8 Å². The van der Waals surface area contributed by atoms with Crippen LogP contribution in [0.5, 0.6) is 5.75 Å². The molecule has 0 unspecified atom stereocenters. The monoisotopic (exact) mass is 427 g/mol. The molecule has 1 saturated heterocycles. The van der Waals surface area contributed by atoms with Gasteiger partial charge in [0.2, 0.25) is 5.91 Å². The van der Waals surface area contributed by atoms with Crippen LogP contribution in [-0.2, 0) is 4.79 Å². The second-order valence-corrected chi connectivity index (χ2v) is 8.65. The topological polar surface area (TPSA) is 63.5 Å². The standard InChI is InChI=1S/C22H29N5O2S/c1-5-16(6-2)21(28)25-11-13-26(14-12-25)22-23-20-19(30-22)15(3)24-27(20)17-7-9-18(29-4)10-8-17/h7-10,16H,5-6,11-14H2,1-4H3. The number of fused-ring (bicyclic) bond motifs is 1. The Hall–Kier alpha value is -2.61. The third-order valence-corrected chi connectivity index (χ3v) is 7.11. The number of methoxy groups -OCH3 is 1. The van der Waals surface area contributed by atoms with Gasteiger partial charge in [-0.1, -0.05) is 25.2 Å². The Morgan fingerprint density at radius 2 is 1.80 bits per heavy atom. The van der Waals surface area contributed by atoms with E-state index < -0.39 is 0 Å². The largest absolute Gasteiger partial charge is 0.497 e. The summed E-state index contributed by atoms with van der Waals surface area (Å²) in [6, 6.07) is 7.85. The van der Waals surface area contributed by atoms with Crippen molar-refractivity contribution in [3.05, 3.63) is 30.0 Å². The summed E-state index contributed by atoms with van der Waals surface area (Å²) in [4.78, 5) is 21.9. The highest BCUT2D eigenvalue weighted by Crippen LogP contribution is 2.33. The van der Waals surface area contributed by atoms with Crippen LogP contribution in [0.1, 0.15) is 32.4 Å². The first-order valence-electron chi connectivity index (χ1n) is 10.6. The number of amides is 1. The van der Waals surface area contributed by atoms with Crippen LogP contribution in [0.4, 0.5) is 5.13 Å². The maximum absolute atomic E-state index is 12.7. The second-order valence-electron chi connectivity index (χ2n) is 7.67. The molecule has 1 amide bonds. The summed E-state index contributed by atoms with van der Waals surface area (Å²) in [5, 5.41) is 5.69. The molecule has 8 heteroatoms. The average Bonchev–Trinajstić information content (AvgIpc) is 3.35. The van der Waals surface area contributed by atoms with E-state index in [-0.39, 0.29) is 5.92 Å². The Kier molecular flexibility index (Phi) is 5.94. The molecule has 4 rings (SSSR count). The zero-order valence-corrected chi connectivity index (χ0v) is 18.9. The predicted molar refractivity (Wildman–Crippen MR) is 121 cm³/mol. The van der Waals surface area contributed by atoms with Crippen LogP contribution in [0.25, 0.3) is 16.0 Å². The molecule has 0 atom stereocenters. The van der Waals surface area contributed by atoms with Gasteiger partial charge in [0.25, 0.3) is 0 Å². The minimum absolute atomic E-state index is 0.150. The number of nitrogens with zero attached hydrogens (tertiary/aromatic N) is 5. The fraction of sp³-hybridized carbons (Fsp3) is 0.500. The lowest BCUT2D eigenvalue weighted by molar-refractivity contribution is -0.136. The molecule has 7 nitrogen and oxygen atoms in total. The van der Waals surface area contributed by atoms with Gasteiger partial charge in [0, 0.05) is 32.1 Å². The zero-order valence-electron chi connectivity index (χ0n) is 18.1. The van der Waals surface area contributed by atoms with Crippen molar-refractivity contribution in [2.24, 2.45) is 5.92 Å². The van der Waals surface area contributed by atoms with E-state index in [1.165, 1.54) is 0 Å². The average molecular weight is 428 g/mol. The number of carbonyl (C=O) groups excluding carboxylic acids is 1. The van der Waals surface area contributed by atoms with Crippen molar-refractivity contribution in [3.8, 4) is 11.4 Å². The molecule has 0 bridgehead atoms. The fourth-order valence-corrected chi connectivity index (χ4v) is 5.01. The van der Waals surface area contributed by atoms with Gasteiger partial charge in [-0.3, -0.25) is 4.79 Å². The summed E-state index contributed by atoms with van der Waals surface area (Å²) >= 11 is 1.68. The summed E-state index contributed by atoms with van der Waals surface area (Å²) < 4.78 is 8.27. The van der Waals surface area contributed by atoms with Crippen molar-refractivity contribution in [1.29, 1.82) is 0 Å². The number of rotatable bonds is 6. The number of aromatic nitrogens is 3. The highest BCUT2D eigenvalue weighted by Gasteiger charge is 2.27. The molecule has 0 radical (unpaired) electrons. The van der Waals surface area contributed by atoms with Gasteiger partial charge < -0.3 is 14.5 Å². The van der Waals surface area contributed by atoms with Gasteiger partial charge in [0.1, 0.15) is 5.75 Å². The van der Waals surface area contributed by atoms with Crippen LogP contribution < -0.4 is 9.64 Å². The molecule has 30 heavy (non-hydrogen) atoms. The van der Waals surface area contributed by atoms with Crippen molar-refractivity contribution in [2.45, 2.75) is 33.6 Å². The van der Waals surface area contributed by atoms with Gasteiger partial charge in [0.05, 0.1) is 23.2 Å². The number of ether oxygens (including phenoxy) is 1. The number of piperazine rings is 1. The van der Waals surface area contributed by atoms with Crippen LogP contribution >= 0.6 is 11.3 Å². The van der Waals surface area contributed by atoms with Crippen LogP contribution in [-0.4, -0.2) is 58.9 Å². The summed E-state index contributed by atoms with van der Waals surface area (Å²) in [7, 11) is 1.66. The summed E-state index contributed by atoms with van der Waals surface area (Å²) in [6.45, 7) is 9.37. The third-order valence-electron chi connectivity index (χ3n) is 5.89. The lowest BCUT2D eigenvalue weighted by Gasteiger charge is -2.36. The molecule has 0 aliphatic carbocycles. The molecular weight excluding hydrogens is 398 g/mol. The van der Waals surface area contributed by atoms with Crippen molar-refractivity contribution >= 4 is 32.7 Å². The Bertz CT molecular complexity index is 1010. The number of thiazole rings is 1. The summed E-state index contributed by atoms with van der Waals surface area (Å²) in [5.41, 5.74) is 2.83. The van der Waals surface area contributed by atoms with E-state index in [0.717, 1.165) is 71.6 Å². The normalized spacial score (nSPS) is 14.7. The second kappa shape index (κ2) is 8.63. The molecule has 2 aromatic heterocycles. The van der Waals surface area contributed by atoms with Crippen molar-refractivity contribution in [3.63, 3.8) is 0 Å². The van der Waals surface area contributed by atoms with Gasteiger partial charge in [-0.05, 0) is 44.0 Å². The van der Waals surface area contributed by atoms with Crippen molar-refractivity contribution < 1.29 is 9.53 Å². The summed E-state index contributed by atoms with van der Waals surface area (Å²) in [6.07, 6.45) is 1.82. The molecular formula is C22H29N5O2S. The zero-order chi connectivity index (χ0) is 21.3. The molecule has 160 valence electrons. The maximum Gasteiger partial charge on any atom is 0.225 e. The number of anilines is 1.